The first-order valence-electron chi connectivity index (χ1n) is 6.42. The lowest BCUT2D eigenvalue weighted by atomic mass is 10.3. The Kier molecular flexibility index (Phi) is 5.12. The van der Waals surface area contributed by atoms with Crippen LogP contribution >= 0.6 is 0 Å². The zero-order valence-corrected chi connectivity index (χ0v) is 11.4. The fourth-order valence-electron chi connectivity index (χ4n) is 1.69. The standard InChI is InChI=1S/C13H13F2N5O2/c14-9-4-10(15)6-11(5-9)19-13(22)12(21)17-2-1-3-20-8-16-7-18-20/h4-8H,1-3H2,(H,17,21)(H,19,22). The maximum atomic E-state index is 13.0. The molecule has 7 nitrogen and oxygen atoms in total. The molecule has 0 fully saturated rings. The minimum Gasteiger partial charge on any atom is -0.348 e. The van der Waals surface area contributed by atoms with Crippen LogP contribution in [0.1, 0.15) is 6.42 Å². The zero-order chi connectivity index (χ0) is 15.9. The number of hydrogen-bond acceptors (Lipinski definition) is 4. The van der Waals surface area contributed by atoms with Gasteiger partial charge in [0.1, 0.15) is 24.3 Å². The summed E-state index contributed by atoms with van der Waals surface area (Å²) in [6, 6.07) is 2.50. The maximum Gasteiger partial charge on any atom is 0.313 e. The van der Waals surface area contributed by atoms with Crippen molar-refractivity contribution in [1.29, 1.82) is 0 Å². The third kappa shape index (κ3) is 4.62. The van der Waals surface area contributed by atoms with Crippen molar-refractivity contribution < 1.29 is 18.4 Å². The highest BCUT2D eigenvalue weighted by Gasteiger charge is 2.13. The maximum absolute atomic E-state index is 13.0. The Hall–Kier alpha value is -2.84. The summed E-state index contributed by atoms with van der Waals surface area (Å²) in [5.41, 5.74) is -0.125. The van der Waals surface area contributed by atoms with Crippen LogP contribution in [0.4, 0.5) is 14.5 Å². The van der Waals surface area contributed by atoms with E-state index in [1.807, 2.05) is 0 Å². The van der Waals surface area contributed by atoms with Crippen LogP contribution < -0.4 is 10.6 Å². The van der Waals surface area contributed by atoms with E-state index in [1.54, 1.807) is 4.68 Å². The largest absolute Gasteiger partial charge is 0.348 e. The molecule has 2 N–H and O–H groups in total. The third-order valence-electron chi connectivity index (χ3n) is 2.64. The van der Waals surface area contributed by atoms with Crippen LogP contribution in [0.15, 0.2) is 30.9 Å². The number of halogens is 2. The van der Waals surface area contributed by atoms with Gasteiger partial charge >= 0.3 is 11.8 Å². The number of anilines is 1. The van der Waals surface area contributed by atoms with Gasteiger partial charge in [-0.3, -0.25) is 14.3 Å². The number of aromatic nitrogens is 3. The summed E-state index contributed by atoms with van der Waals surface area (Å²) in [5.74, 6) is -3.57. The van der Waals surface area contributed by atoms with E-state index in [9.17, 15) is 18.4 Å². The molecule has 0 saturated heterocycles. The number of hydrogen-bond donors (Lipinski definition) is 2. The number of rotatable bonds is 5. The summed E-state index contributed by atoms with van der Waals surface area (Å²) < 4.78 is 27.5. The topological polar surface area (TPSA) is 88.9 Å². The van der Waals surface area contributed by atoms with Crippen LogP contribution in [0.3, 0.4) is 0 Å². The summed E-state index contributed by atoms with van der Waals surface area (Å²) in [7, 11) is 0. The van der Waals surface area contributed by atoms with Crippen molar-refractivity contribution in [3.05, 3.63) is 42.5 Å². The van der Waals surface area contributed by atoms with Crippen molar-refractivity contribution in [2.24, 2.45) is 0 Å². The molecule has 116 valence electrons. The first-order chi connectivity index (χ1) is 10.5. The highest BCUT2D eigenvalue weighted by molar-refractivity contribution is 6.39. The lowest BCUT2D eigenvalue weighted by Crippen LogP contribution is -2.36. The molecule has 2 rings (SSSR count). The molecule has 9 heteroatoms. The molecule has 0 aliphatic rings. The lowest BCUT2D eigenvalue weighted by molar-refractivity contribution is -0.136. The summed E-state index contributed by atoms with van der Waals surface area (Å²) in [5, 5.41) is 8.40. The highest BCUT2D eigenvalue weighted by Crippen LogP contribution is 2.12. The van der Waals surface area contributed by atoms with Gasteiger partial charge in [0.05, 0.1) is 0 Å². The Labute approximate surface area is 124 Å². The minimum absolute atomic E-state index is 0.125. The second-order valence-electron chi connectivity index (χ2n) is 4.38. The van der Waals surface area contributed by atoms with Crippen LogP contribution in [0.5, 0.6) is 0 Å². The molecule has 0 aliphatic carbocycles. The molecule has 22 heavy (non-hydrogen) atoms. The van der Waals surface area contributed by atoms with E-state index in [0.717, 1.165) is 12.1 Å². The van der Waals surface area contributed by atoms with E-state index in [0.29, 0.717) is 19.0 Å². The number of benzene rings is 1. The van der Waals surface area contributed by atoms with E-state index in [4.69, 9.17) is 0 Å². The van der Waals surface area contributed by atoms with Crippen molar-refractivity contribution in [3.63, 3.8) is 0 Å². The summed E-state index contributed by atoms with van der Waals surface area (Å²) in [4.78, 5) is 26.9. The SMILES string of the molecule is O=C(NCCCn1cncn1)C(=O)Nc1cc(F)cc(F)c1. The second kappa shape index (κ2) is 7.25. The number of nitrogens with one attached hydrogen (secondary N) is 2. The molecule has 1 aromatic carbocycles. The van der Waals surface area contributed by atoms with Gasteiger partial charge < -0.3 is 10.6 Å². The Morgan fingerprint density at radius 1 is 1.14 bits per heavy atom. The fraction of sp³-hybridized carbons (Fsp3) is 0.231. The van der Waals surface area contributed by atoms with Crippen molar-refractivity contribution in [2.45, 2.75) is 13.0 Å². The summed E-state index contributed by atoms with van der Waals surface area (Å²) in [6.45, 7) is 0.792. The van der Waals surface area contributed by atoms with Gasteiger partial charge in [-0.25, -0.2) is 13.8 Å². The molecular weight excluding hydrogens is 296 g/mol. The van der Waals surface area contributed by atoms with Crippen LogP contribution in [0.25, 0.3) is 0 Å². The van der Waals surface area contributed by atoms with Gasteiger partial charge in [-0.2, -0.15) is 5.10 Å². The zero-order valence-electron chi connectivity index (χ0n) is 11.4. The number of carbonyl (C=O) groups excluding carboxylic acids is 2. The van der Waals surface area contributed by atoms with Crippen LogP contribution in [0, 0.1) is 11.6 Å². The summed E-state index contributed by atoms with van der Waals surface area (Å²) in [6.07, 6.45) is 3.48. The number of carbonyl (C=O) groups is 2. The Balaban J connectivity index is 1.75. The van der Waals surface area contributed by atoms with Gasteiger partial charge in [0.15, 0.2) is 0 Å². The molecule has 1 heterocycles. The van der Waals surface area contributed by atoms with E-state index in [2.05, 4.69) is 20.7 Å². The highest BCUT2D eigenvalue weighted by atomic mass is 19.1. The van der Waals surface area contributed by atoms with Crippen LogP contribution in [0.2, 0.25) is 0 Å². The van der Waals surface area contributed by atoms with Crippen LogP contribution in [-0.2, 0) is 16.1 Å². The predicted octanol–water partition coefficient (Wildman–Crippen LogP) is 0.701. The average molecular weight is 309 g/mol. The van der Waals surface area contributed by atoms with Crippen molar-refractivity contribution in [2.75, 3.05) is 11.9 Å². The van der Waals surface area contributed by atoms with Gasteiger partial charge in [0, 0.05) is 24.8 Å². The smallest absolute Gasteiger partial charge is 0.313 e. The lowest BCUT2D eigenvalue weighted by Gasteiger charge is -2.07. The van der Waals surface area contributed by atoms with Crippen molar-refractivity contribution >= 4 is 17.5 Å². The molecular formula is C13H13F2N5O2. The second-order valence-corrected chi connectivity index (χ2v) is 4.38. The normalized spacial score (nSPS) is 10.3. The van der Waals surface area contributed by atoms with Gasteiger partial charge in [-0.05, 0) is 18.6 Å². The van der Waals surface area contributed by atoms with E-state index < -0.39 is 23.4 Å². The Morgan fingerprint density at radius 2 is 1.86 bits per heavy atom. The number of nitrogens with zero attached hydrogens (tertiary/aromatic N) is 3. The van der Waals surface area contributed by atoms with Crippen molar-refractivity contribution in [1.82, 2.24) is 20.1 Å². The molecule has 0 spiro atoms. The first kappa shape index (κ1) is 15.5. The van der Waals surface area contributed by atoms with Gasteiger partial charge in [-0.1, -0.05) is 0 Å². The van der Waals surface area contributed by atoms with E-state index >= 15 is 0 Å². The third-order valence-corrected chi connectivity index (χ3v) is 2.64. The Bertz CT molecular complexity index is 640. The fourth-order valence-corrected chi connectivity index (χ4v) is 1.69. The predicted molar refractivity (Wildman–Crippen MR) is 72.6 cm³/mol. The first-order valence-corrected chi connectivity index (χ1v) is 6.42. The molecule has 0 aliphatic heterocycles. The summed E-state index contributed by atoms with van der Waals surface area (Å²) >= 11 is 0. The van der Waals surface area contributed by atoms with E-state index in [1.165, 1.54) is 12.7 Å². The van der Waals surface area contributed by atoms with Crippen LogP contribution in [-0.4, -0.2) is 33.1 Å². The van der Waals surface area contributed by atoms with Gasteiger partial charge in [0.2, 0.25) is 0 Å². The van der Waals surface area contributed by atoms with Gasteiger partial charge in [0.25, 0.3) is 0 Å². The molecule has 0 radical (unpaired) electrons. The molecule has 0 atom stereocenters. The molecule has 2 amide bonds. The molecule has 0 unspecified atom stereocenters. The molecule has 1 aromatic heterocycles. The van der Waals surface area contributed by atoms with E-state index in [-0.39, 0.29) is 12.2 Å². The molecule has 0 bridgehead atoms. The number of aryl methyl sites for hydroxylation is 1. The number of amides is 2. The Morgan fingerprint density at radius 3 is 2.50 bits per heavy atom. The van der Waals surface area contributed by atoms with Crippen molar-refractivity contribution in [3.8, 4) is 0 Å². The minimum atomic E-state index is -0.995. The quantitative estimate of drug-likeness (QED) is 0.628. The monoisotopic (exact) mass is 309 g/mol. The van der Waals surface area contributed by atoms with Gasteiger partial charge in [-0.15, -0.1) is 0 Å². The average Bonchev–Trinajstić information content (AvgIpc) is 2.95. The molecule has 0 saturated carbocycles. The molecule has 2 aromatic rings.